The van der Waals surface area contributed by atoms with Gasteiger partial charge in [-0.1, -0.05) is 5.16 Å². The van der Waals surface area contributed by atoms with E-state index in [-0.39, 0.29) is 11.7 Å². The molecule has 3 N–H and O–H groups in total. The molecule has 1 atom stereocenters. The van der Waals surface area contributed by atoms with Crippen molar-refractivity contribution in [3.63, 3.8) is 0 Å². The maximum Gasteiger partial charge on any atom is 0.272 e. The van der Waals surface area contributed by atoms with Crippen molar-refractivity contribution in [2.45, 2.75) is 6.10 Å². The Bertz CT molecular complexity index is 546. The highest BCUT2D eigenvalue weighted by Gasteiger charge is 2.24. The van der Waals surface area contributed by atoms with Gasteiger partial charge < -0.3 is 25.5 Å². The molecule has 0 spiro atoms. The fourth-order valence-electron chi connectivity index (χ4n) is 2.09. The zero-order valence-electron chi connectivity index (χ0n) is 12.1. The molecule has 1 aliphatic heterocycles. The Hall–Kier alpha value is -2.35. The minimum Gasteiger partial charge on any atom is -0.409 e. The average Bonchev–Trinajstić information content (AvgIpc) is 2.53. The van der Waals surface area contributed by atoms with E-state index in [0.29, 0.717) is 25.4 Å². The predicted octanol–water partition coefficient (Wildman–Crippen LogP) is -0.265. The van der Waals surface area contributed by atoms with Gasteiger partial charge in [0.1, 0.15) is 11.8 Å². The molecule has 2 heterocycles. The fourth-order valence-corrected chi connectivity index (χ4v) is 2.09. The van der Waals surface area contributed by atoms with Crippen molar-refractivity contribution >= 4 is 17.4 Å². The third-order valence-corrected chi connectivity index (χ3v) is 3.25. The van der Waals surface area contributed by atoms with Gasteiger partial charge in [-0.3, -0.25) is 9.78 Å². The van der Waals surface area contributed by atoms with Crippen molar-refractivity contribution < 1.29 is 14.7 Å². The quantitative estimate of drug-likeness (QED) is 0.344. The minimum absolute atomic E-state index is 0.0401. The van der Waals surface area contributed by atoms with Crippen molar-refractivity contribution in [1.29, 1.82) is 0 Å². The summed E-state index contributed by atoms with van der Waals surface area (Å²) in [6, 6.07) is 3.55. The van der Waals surface area contributed by atoms with Gasteiger partial charge in [-0.2, -0.15) is 0 Å². The number of morpholine rings is 1. The molecule has 8 heteroatoms. The maximum atomic E-state index is 11.9. The number of carbonyl (C=O) groups is 1. The largest absolute Gasteiger partial charge is 0.409 e. The van der Waals surface area contributed by atoms with Gasteiger partial charge in [-0.15, -0.1) is 0 Å². The Morgan fingerprint density at radius 3 is 3.05 bits per heavy atom. The molecule has 8 nitrogen and oxygen atoms in total. The number of nitrogens with two attached hydrogens (primary N) is 1. The summed E-state index contributed by atoms with van der Waals surface area (Å²) in [5.41, 5.74) is 6.82. The van der Waals surface area contributed by atoms with E-state index in [0.717, 1.165) is 5.69 Å². The summed E-state index contributed by atoms with van der Waals surface area (Å²) in [6.07, 6.45) is 1.13. The topological polar surface area (TPSA) is 104 Å². The summed E-state index contributed by atoms with van der Waals surface area (Å²) >= 11 is 0. The lowest BCUT2D eigenvalue weighted by Gasteiger charge is -2.33. The third-order valence-electron chi connectivity index (χ3n) is 3.25. The van der Waals surface area contributed by atoms with Crippen LogP contribution < -0.4 is 10.6 Å². The van der Waals surface area contributed by atoms with E-state index < -0.39 is 6.10 Å². The van der Waals surface area contributed by atoms with E-state index in [2.05, 4.69) is 10.1 Å². The van der Waals surface area contributed by atoms with E-state index in [1.165, 1.54) is 4.90 Å². The van der Waals surface area contributed by atoms with Crippen LogP contribution in [0.4, 0.5) is 5.69 Å². The number of pyridine rings is 1. The number of oxime groups is 1. The Morgan fingerprint density at radius 1 is 1.62 bits per heavy atom. The Balaban J connectivity index is 2.18. The van der Waals surface area contributed by atoms with Crippen LogP contribution >= 0.6 is 0 Å². The molecule has 114 valence electrons. The first-order valence-electron chi connectivity index (χ1n) is 6.54. The van der Waals surface area contributed by atoms with Crippen LogP contribution in [0.25, 0.3) is 0 Å². The summed E-state index contributed by atoms with van der Waals surface area (Å²) in [7, 11) is 3.36. The summed E-state index contributed by atoms with van der Waals surface area (Å²) in [5, 5.41) is 11.7. The number of nitrogens with zero attached hydrogens (tertiary/aromatic N) is 4. The van der Waals surface area contributed by atoms with Crippen molar-refractivity contribution in [1.82, 2.24) is 9.88 Å². The van der Waals surface area contributed by atoms with Crippen molar-refractivity contribution in [2.24, 2.45) is 10.9 Å². The molecule has 0 aromatic carbocycles. The van der Waals surface area contributed by atoms with Gasteiger partial charge in [0, 0.05) is 32.5 Å². The first kappa shape index (κ1) is 15.0. The van der Waals surface area contributed by atoms with Gasteiger partial charge in [-0.25, -0.2) is 0 Å². The van der Waals surface area contributed by atoms with E-state index in [9.17, 15) is 4.79 Å². The molecular weight excluding hydrogens is 274 g/mol. The molecule has 1 fully saturated rings. The van der Waals surface area contributed by atoms with Crippen LogP contribution in [0.2, 0.25) is 0 Å². The molecule has 1 amide bonds. The lowest BCUT2D eigenvalue weighted by molar-refractivity contribution is 0.0806. The van der Waals surface area contributed by atoms with Crippen LogP contribution in [0.3, 0.4) is 0 Å². The summed E-state index contributed by atoms with van der Waals surface area (Å²) in [6.45, 7) is 1.57. The van der Waals surface area contributed by atoms with Crippen LogP contribution in [0.5, 0.6) is 0 Å². The molecule has 1 unspecified atom stereocenters. The normalized spacial score (nSPS) is 19.4. The number of amides is 1. The van der Waals surface area contributed by atoms with Crippen molar-refractivity contribution in [2.75, 3.05) is 38.7 Å². The van der Waals surface area contributed by atoms with Gasteiger partial charge in [0.2, 0.25) is 0 Å². The Kier molecular flexibility index (Phi) is 4.59. The number of ether oxygens (including phenoxy) is 1. The maximum absolute atomic E-state index is 11.9. The van der Waals surface area contributed by atoms with Gasteiger partial charge in [0.05, 0.1) is 13.2 Å². The zero-order valence-corrected chi connectivity index (χ0v) is 12.1. The molecule has 0 aliphatic carbocycles. The van der Waals surface area contributed by atoms with Gasteiger partial charge in [0.25, 0.3) is 5.91 Å². The second-order valence-corrected chi connectivity index (χ2v) is 4.93. The SMILES string of the molecule is CN(C)C(=O)c1cc(N2CCOC(C(N)=NO)C2)ccn1. The first-order valence-corrected chi connectivity index (χ1v) is 6.54. The Morgan fingerprint density at radius 2 is 2.38 bits per heavy atom. The predicted molar refractivity (Wildman–Crippen MR) is 77.6 cm³/mol. The van der Waals surface area contributed by atoms with Crippen LogP contribution in [0, 0.1) is 0 Å². The van der Waals surface area contributed by atoms with E-state index in [1.807, 2.05) is 11.0 Å². The third kappa shape index (κ3) is 3.40. The zero-order chi connectivity index (χ0) is 15.4. The van der Waals surface area contributed by atoms with E-state index in [4.69, 9.17) is 15.7 Å². The van der Waals surface area contributed by atoms with Crippen LogP contribution in [-0.2, 0) is 4.74 Å². The van der Waals surface area contributed by atoms with Gasteiger partial charge in [0.15, 0.2) is 5.84 Å². The highest BCUT2D eigenvalue weighted by Crippen LogP contribution is 2.18. The highest BCUT2D eigenvalue weighted by molar-refractivity contribution is 5.92. The molecule has 0 saturated carbocycles. The molecule has 1 aromatic heterocycles. The summed E-state index contributed by atoms with van der Waals surface area (Å²) in [4.78, 5) is 19.5. The monoisotopic (exact) mass is 293 g/mol. The molecule has 0 bridgehead atoms. The van der Waals surface area contributed by atoms with Crippen LogP contribution in [0.1, 0.15) is 10.5 Å². The lowest BCUT2D eigenvalue weighted by atomic mass is 10.2. The number of aromatic nitrogens is 1. The van der Waals surface area contributed by atoms with Gasteiger partial charge >= 0.3 is 0 Å². The second-order valence-electron chi connectivity index (χ2n) is 4.93. The van der Waals surface area contributed by atoms with Crippen LogP contribution in [-0.4, -0.2) is 66.7 Å². The number of anilines is 1. The number of hydrogen-bond donors (Lipinski definition) is 2. The summed E-state index contributed by atoms with van der Waals surface area (Å²) < 4.78 is 5.45. The molecule has 1 aromatic rings. The van der Waals surface area contributed by atoms with E-state index >= 15 is 0 Å². The van der Waals surface area contributed by atoms with Crippen LogP contribution in [0.15, 0.2) is 23.5 Å². The number of hydrogen-bond acceptors (Lipinski definition) is 6. The summed E-state index contributed by atoms with van der Waals surface area (Å²) in [5.74, 6) is -0.114. The fraction of sp³-hybridized carbons (Fsp3) is 0.462. The lowest BCUT2D eigenvalue weighted by Crippen LogP contribution is -2.48. The number of rotatable bonds is 3. The van der Waals surface area contributed by atoms with Gasteiger partial charge in [-0.05, 0) is 12.1 Å². The molecule has 1 saturated heterocycles. The highest BCUT2D eigenvalue weighted by atomic mass is 16.5. The Labute approximate surface area is 122 Å². The molecule has 0 radical (unpaired) electrons. The number of carbonyl (C=O) groups excluding carboxylic acids is 1. The average molecular weight is 293 g/mol. The molecular formula is C13H19N5O3. The van der Waals surface area contributed by atoms with E-state index in [1.54, 1.807) is 26.4 Å². The molecule has 21 heavy (non-hydrogen) atoms. The first-order chi connectivity index (χ1) is 10.0. The van der Waals surface area contributed by atoms with Crippen molar-refractivity contribution in [3.8, 4) is 0 Å². The molecule has 1 aliphatic rings. The standard InChI is InChI=1S/C13H19N5O3/c1-17(2)13(19)10-7-9(3-4-15-10)18-5-6-21-11(8-18)12(14)16-20/h3-4,7,11,20H,5-6,8H2,1-2H3,(H2,14,16). The second kappa shape index (κ2) is 6.40. The smallest absolute Gasteiger partial charge is 0.272 e. The minimum atomic E-state index is -0.468. The molecule has 2 rings (SSSR count). The number of amidine groups is 1. The van der Waals surface area contributed by atoms with Crippen molar-refractivity contribution in [3.05, 3.63) is 24.0 Å².